The molecule has 206 valence electrons. The van der Waals surface area contributed by atoms with Gasteiger partial charge in [-0.2, -0.15) is 5.10 Å². The van der Waals surface area contributed by atoms with Gasteiger partial charge in [0.1, 0.15) is 0 Å². The molecule has 6 rings (SSSR count). The summed E-state index contributed by atoms with van der Waals surface area (Å²) in [4.78, 5) is 35.4. The minimum absolute atomic E-state index is 0.000147. The van der Waals surface area contributed by atoms with Crippen LogP contribution < -0.4 is 5.56 Å². The molecule has 2 unspecified atom stereocenters. The van der Waals surface area contributed by atoms with E-state index < -0.39 is 11.0 Å². The number of nitrogens with zero attached hydrogens (tertiary/aromatic N) is 6. The Morgan fingerprint density at radius 2 is 1.92 bits per heavy atom. The number of rotatable bonds is 4. The second-order valence-electron chi connectivity index (χ2n) is 11.2. The summed E-state index contributed by atoms with van der Waals surface area (Å²) in [7, 11) is 1.81. The van der Waals surface area contributed by atoms with E-state index in [2.05, 4.69) is 10.1 Å². The number of carbonyl (C=O) groups is 1. The Balaban J connectivity index is 1.23. The van der Waals surface area contributed by atoms with Gasteiger partial charge in [0, 0.05) is 44.4 Å². The largest absolute Gasteiger partial charge is 0.387 e. The lowest BCUT2D eigenvalue weighted by molar-refractivity contribution is -0.137. The summed E-state index contributed by atoms with van der Waals surface area (Å²) in [5.41, 5.74) is 0.599. The highest BCUT2D eigenvalue weighted by Gasteiger charge is 2.56. The number of urea groups is 1. The molecule has 39 heavy (non-hydrogen) atoms. The monoisotopic (exact) mass is 532 g/mol. The van der Waals surface area contributed by atoms with Gasteiger partial charge in [-0.05, 0) is 30.9 Å². The molecule has 1 spiro atoms. The molecule has 2 saturated heterocycles. The maximum absolute atomic E-state index is 13.9. The summed E-state index contributed by atoms with van der Waals surface area (Å²) in [5.74, 6) is 0. The molecule has 3 fully saturated rings. The van der Waals surface area contributed by atoms with Crippen molar-refractivity contribution in [2.75, 3.05) is 32.8 Å². The molecule has 2 atom stereocenters. The van der Waals surface area contributed by atoms with Crippen LogP contribution >= 0.6 is 0 Å². The molecular weight excluding hydrogens is 496 g/mol. The number of aromatic nitrogens is 4. The summed E-state index contributed by atoms with van der Waals surface area (Å²) in [5, 5.41) is 16.3. The zero-order chi connectivity index (χ0) is 27.0. The standard InChI is InChI=1S/C29H36N6O4/c1-32-24(9-13-31-32)23-17-26(36)34(21-30-23)20-29(38)12-14-33(19-28(29)10-5-6-11-28)27(37)35-15-16-39-18-25(35)22-7-3-2-4-8-22/h2-4,7-9,13,17,21,25,38H,5-6,10-12,14-16,18-20H2,1H3. The molecule has 2 aliphatic heterocycles. The van der Waals surface area contributed by atoms with E-state index in [0.29, 0.717) is 45.0 Å². The van der Waals surface area contributed by atoms with E-state index in [1.807, 2.05) is 53.2 Å². The predicted molar refractivity (Wildman–Crippen MR) is 145 cm³/mol. The normalized spacial score (nSPS) is 24.8. The highest BCUT2D eigenvalue weighted by atomic mass is 16.5. The van der Waals surface area contributed by atoms with Gasteiger partial charge in [-0.15, -0.1) is 0 Å². The number of likely N-dealkylation sites (tertiary alicyclic amines) is 1. The first kappa shape index (κ1) is 25.8. The minimum Gasteiger partial charge on any atom is -0.387 e. The molecule has 1 N–H and O–H groups in total. The van der Waals surface area contributed by atoms with Gasteiger partial charge in [-0.1, -0.05) is 43.2 Å². The van der Waals surface area contributed by atoms with Crippen molar-refractivity contribution >= 4 is 6.03 Å². The zero-order valence-corrected chi connectivity index (χ0v) is 22.4. The molecule has 0 radical (unpaired) electrons. The number of morpholine rings is 1. The van der Waals surface area contributed by atoms with Crippen molar-refractivity contribution in [2.24, 2.45) is 12.5 Å². The predicted octanol–water partition coefficient (Wildman–Crippen LogP) is 2.83. The molecule has 0 bridgehead atoms. The number of ether oxygens (including phenoxy) is 1. The van der Waals surface area contributed by atoms with E-state index in [1.165, 1.54) is 17.0 Å². The Bertz CT molecular complexity index is 1380. The molecule has 10 nitrogen and oxygen atoms in total. The smallest absolute Gasteiger partial charge is 0.320 e. The molecule has 2 aromatic heterocycles. The Labute approximate surface area is 227 Å². The molecule has 2 amide bonds. The number of hydrogen-bond acceptors (Lipinski definition) is 6. The third-order valence-corrected chi connectivity index (χ3v) is 9.06. The van der Waals surface area contributed by atoms with Crippen molar-refractivity contribution in [1.29, 1.82) is 0 Å². The van der Waals surface area contributed by atoms with Crippen molar-refractivity contribution in [3.63, 3.8) is 0 Å². The molecule has 1 saturated carbocycles. The Morgan fingerprint density at radius 3 is 2.64 bits per heavy atom. The number of amides is 2. The SMILES string of the molecule is Cn1nccc1-c1cc(=O)n(CC2(O)CCN(C(=O)N3CCOCC3c3ccccc3)CC23CCCC3)cn1. The van der Waals surface area contributed by atoms with Crippen LogP contribution in [0.1, 0.15) is 43.7 Å². The van der Waals surface area contributed by atoms with Crippen LogP contribution in [-0.4, -0.2) is 78.7 Å². The van der Waals surface area contributed by atoms with Crippen LogP contribution in [0.15, 0.2) is 59.8 Å². The van der Waals surface area contributed by atoms with E-state index in [-0.39, 0.29) is 24.2 Å². The molecule has 1 aromatic carbocycles. The fourth-order valence-electron chi connectivity index (χ4n) is 6.82. The maximum Gasteiger partial charge on any atom is 0.320 e. The van der Waals surface area contributed by atoms with Crippen molar-refractivity contribution in [2.45, 2.75) is 50.3 Å². The number of piperidine rings is 1. The Kier molecular flexibility index (Phi) is 6.76. The van der Waals surface area contributed by atoms with Gasteiger partial charge < -0.3 is 19.6 Å². The number of aryl methyl sites for hydroxylation is 1. The molecular formula is C29H36N6O4. The Morgan fingerprint density at radius 1 is 1.13 bits per heavy atom. The van der Waals surface area contributed by atoms with E-state index in [1.54, 1.807) is 10.9 Å². The summed E-state index contributed by atoms with van der Waals surface area (Å²) >= 11 is 0. The first-order chi connectivity index (χ1) is 18.9. The number of aliphatic hydroxyl groups is 1. The minimum atomic E-state index is -1.11. The van der Waals surface area contributed by atoms with Gasteiger partial charge in [-0.25, -0.2) is 9.78 Å². The average Bonchev–Trinajstić information content (AvgIpc) is 3.61. The van der Waals surface area contributed by atoms with Gasteiger partial charge in [0.2, 0.25) is 0 Å². The second kappa shape index (κ2) is 10.2. The third kappa shape index (κ3) is 4.65. The van der Waals surface area contributed by atoms with Gasteiger partial charge >= 0.3 is 6.03 Å². The maximum atomic E-state index is 13.9. The van der Waals surface area contributed by atoms with Gasteiger partial charge in [0.15, 0.2) is 0 Å². The average molecular weight is 533 g/mol. The van der Waals surface area contributed by atoms with E-state index in [9.17, 15) is 14.7 Å². The van der Waals surface area contributed by atoms with Gasteiger partial charge in [0.25, 0.3) is 5.56 Å². The van der Waals surface area contributed by atoms with E-state index >= 15 is 0 Å². The summed E-state index contributed by atoms with van der Waals surface area (Å²) < 4.78 is 8.95. The fourth-order valence-corrected chi connectivity index (χ4v) is 6.82. The topological polar surface area (TPSA) is 106 Å². The summed E-state index contributed by atoms with van der Waals surface area (Å²) in [6, 6.07) is 13.2. The summed E-state index contributed by atoms with van der Waals surface area (Å²) in [6.45, 7) is 2.61. The fraction of sp³-hybridized carbons (Fsp3) is 0.517. The van der Waals surface area contributed by atoms with Crippen molar-refractivity contribution < 1.29 is 14.6 Å². The second-order valence-corrected chi connectivity index (χ2v) is 11.2. The third-order valence-electron chi connectivity index (χ3n) is 9.06. The van der Waals surface area contributed by atoms with E-state index in [4.69, 9.17) is 4.74 Å². The first-order valence-electron chi connectivity index (χ1n) is 13.8. The van der Waals surface area contributed by atoms with Crippen LogP contribution in [0.5, 0.6) is 0 Å². The van der Waals surface area contributed by atoms with Crippen molar-refractivity contribution in [3.8, 4) is 11.4 Å². The molecule has 1 aliphatic carbocycles. The highest BCUT2D eigenvalue weighted by Crippen LogP contribution is 2.51. The number of carbonyl (C=O) groups excluding carboxylic acids is 1. The van der Waals surface area contributed by atoms with Crippen LogP contribution in [-0.2, 0) is 18.3 Å². The van der Waals surface area contributed by atoms with E-state index in [0.717, 1.165) is 36.9 Å². The van der Waals surface area contributed by atoms with Crippen molar-refractivity contribution in [3.05, 3.63) is 70.9 Å². The molecule has 10 heteroatoms. The van der Waals surface area contributed by atoms with Crippen LogP contribution in [0.2, 0.25) is 0 Å². The molecule has 4 heterocycles. The zero-order valence-electron chi connectivity index (χ0n) is 22.4. The van der Waals surface area contributed by atoms with Crippen molar-refractivity contribution in [1.82, 2.24) is 29.1 Å². The van der Waals surface area contributed by atoms with Crippen LogP contribution in [0, 0.1) is 5.41 Å². The van der Waals surface area contributed by atoms with Crippen LogP contribution in [0.4, 0.5) is 4.79 Å². The van der Waals surface area contributed by atoms with Crippen LogP contribution in [0.25, 0.3) is 11.4 Å². The Hall–Kier alpha value is -3.50. The lowest BCUT2D eigenvalue weighted by Gasteiger charge is -2.53. The first-order valence-corrected chi connectivity index (χ1v) is 13.8. The molecule has 3 aliphatic rings. The van der Waals surface area contributed by atoms with Crippen LogP contribution in [0.3, 0.4) is 0 Å². The lowest BCUT2D eigenvalue weighted by Crippen LogP contribution is -2.64. The number of benzene rings is 1. The van der Waals surface area contributed by atoms with Gasteiger partial charge in [-0.3, -0.25) is 14.0 Å². The quantitative estimate of drug-likeness (QED) is 0.554. The number of hydrogen-bond donors (Lipinski definition) is 1. The molecule has 3 aromatic rings. The summed E-state index contributed by atoms with van der Waals surface area (Å²) in [6.07, 6.45) is 7.27. The lowest BCUT2D eigenvalue weighted by atomic mass is 9.66. The van der Waals surface area contributed by atoms with Gasteiger partial charge in [0.05, 0.1) is 49.1 Å². The highest BCUT2D eigenvalue weighted by molar-refractivity contribution is 5.75.